The number of fused-ring (bicyclic) bond motifs is 1. The number of Topliss-reactive ketones (excluding diaryl/α,β-unsaturated/α-hetero) is 1. The fourth-order valence-electron chi connectivity index (χ4n) is 3.94. The van der Waals surface area contributed by atoms with E-state index in [2.05, 4.69) is 16.8 Å². The topological polar surface area (TPSA) is 62.7 Å². The van der Waals surface area contributed by atoms with Crippen molar-refractivity contribution in [2.45, 2.75) is 45.7 Å². The number of aromatic hydroxyl groups is 1. The SMILES string of the molecule is Cc1cc(O)c(CN2CCCC[C@@H]2C)c2c1C(=O)/C(=C/c1ccncc1)O2. The number of phenols is 1. The Morgan fingerprint density at radius 1 is 1.33 bits per heavy atom. The van der Waals surface area contributed by atoms with Gasteiger partial charge in [-0.05, 0) is 68.6 Å². The molecule has 0 aliphatic carbocycles. The van der Waals surface area contributed by atoms with Crippen LogP contribution in [0, 0.1) is 6.92 Å². The Hall–Kier alpha value is -2.66. The van der Waals surface area contributed by atoms with Gasteiger partial charge in [0, 0.05) is 25.0 Å². The van der Waals surface area contributed by atoms with Crippen molar-refractivity contribution in [3.05, 3.63) is 58.6 Å². The van der Waals surface area contributed by atoms with Gasteiger partial charge in [0.25, 0.3) is 0 Å². The van der Waals surface area contributed by atoms with Crippen LogP contribution in [0.15, 0.2) is 36.4 Å². The molecule has 2 aromatic rings. The first-order valence-electron chi connectivity index (χ1n) is 9.48. The summed E-state index contributed by atoms with van der Waals surface area (Å²) in [6.07, 6.45) is 8.64. The number of hydrogen-bond acceptors (Lipinski definition) is 5. The molecule has 1 aromatic carbocycles. The van der Waals surface area contributed by atoms with Gasteiger partial charge in [-0.15, -0.1) is 0 Å². The fraction of sp³-hybridized carbons (Fsp3) is 0.364. The summed E-state index contributed by atoms with van der Waals surface area (Å²) >= 11 is 0. The summed E-state index contributed by atoms with van der Waals surface area (Å²) < 4.78 is 6.00. The van der Waals surface area contributed by atoms with Crippen molar-refractivity contribution in [2.75, 3.05) is 6.54 Å². The van der Waals surface area contributed by atoms with Gasteiger partial charge >= 0.3 is 0 Å². The highest BCUT2D eigenvalue weighted by molar-refractivity contribution is 6.15. The van der Waals surface area contributed by atoms with Gasteiger partial charge in [0.2, 0.25) is 5.78 Å². The normalized spacial score (nSPS) is 21.3. The van der Waals surface area contributed by atoms with E-state index in [1.165, 1.54) is 6.42 Å². The van der Waals surface area contributed by atoms with E-state index >= 15 is 0 Å². The quantitative estimate of drug-likeness (QED) is 0.831. The van der Waals surface area contributed by atoms with E-state index < -0.39 is 0 Å². The number of phenolic OH excluding ortho intramolecular Hbond substituents is 1. The van der Waals surface area contributed by atoms with Crippen LogP contribution in [0.4, 0.5) is 0 Å². The molecule has 0 bridgehead atoms. The van der Waals surface area contributed by atoms with E-state index in [0.717, 1.165) is 30.5 Å². The van der Waals surface area contributed by atoms with Crippen LogP contribution in [-0.2, 0) is 6.54 Å². The summed E-state index contributed by atoms with van der Waals surface area (Å²) in [4.78, 5) is 19.3. The van der Waals surface area contributed by atoms with Crippen LogP contribution in [0.1, 0.15) is 53.2 Å². The van der Waals surface area contributed by atoms with E-state index in [0.29, 0.717) is 29.5 Å². The number of carbonyl (C=O) groups excluding carboxylic acids is 1. The summed E-state index contributed by atoms with van der Waals surface area (Å²) in [5.41, 5.74) is 2.86. The van der Waals surface area contributed by atoms with Crippen LogP contribution >= 0.6 is 0 Å². The Bertz CT molecular complexity index is 906. The minimum absolute atomic E-state index is 0.132. The molecule has 5 nitrogen and oxygen atoms in total. The number of ether oxygens (including phenoxy) is 1. The molecule has 2 aliphatic heterocycles. The lowest BCUT2D eigenvalue weighted by Crippen LogP contribution is -2.36. The van der Waals surface area contributed by atoms with Gasteiger partial charge in [-0.25, -0.2) is 0 Å². The van der Waals surface area contributed by atoms with Crippen molar-refractivity contribution >= 4 is 11.9 Å². The molecule has 0 radical (unpaired) electrons. The Morgan fingerprint density at radius 3 is 2.85 bits per heavy atom. The molecule has 4 rings (SSSR count). The number of aromatic nitrogens is 1. The van der Waals surface area contributed by atoms with Crippen molar-refractivity contribution in [1.29, 1.82) is 0 Å². The summed E-state index contributed by atoms with van der Waals surface area (Å²) in [6.45, 7) is 5.64. The van der Waals surface area contributed by atoms with Gasteiger partial charge < -0.3 is 9.84 Å². The van der Waals surface area contributed by atoms with Crippen LogP contribution < -0.4 is 4.74 Å². The number of pyridine rings is 1. The van der Waals surface area contributed by atoms with Crippen LogP contribution in [0.2, 0.25) is 0 Å². The number of aryl methyl sites for hydroxylation is 1. The number of nitrogens with zero attached hydrogens (tertiary/aromatic N) is 2. The Labute approximate surface area is 159 Å². The number of piperidine rings is 1. The van der Waals surface area contributed by atoms with Gasteiger partial charge in [-0.1, -0.05) is 6.42 Å². The van der Waals surface area contributed by atoms with Gasteiger partial charge in [-0.2, -0.15) is 0 Å². The molecule has 0 saturated carbocycles. The number of carbonyl (C=O) groups is 1. The molecule has 0 unspecified atom stereocenters. The molecule has 0 spiro atoms. The lowest BCUT2D eigenvalue weighted by molar-refractivity contribution is 0.101. The Kier molecular flexibility index (Phi) is 4.70. The van der Waals surface area contributed by atoms with Gasteiger partial charge in [0.1, 0.15) is 11.5 Å². The standard InChI is InChI=1S/C22H24N2O3/c1-14-11-18(25)17(13-24-10-4-3-5-15(24)2)22-20(14)21(26)19(27-22)12-16-6-8-23-9-7-16/h6-9,11-12,15,25H,3-5,10,13H2,1-2H3/b19-12-/t15-/m0/s1. The molecular formula is C22H24N2O3. The summed E-state index contributed by atoms with van der Waals surface area (Å²) in [6, 6.07) is 5.79. The van der Waals surface area contributed by atoms with Crippen LogP contribution in [-0.4, -0.2) is 33.4 Å². The summed E-state index contributed by atoms with van der Waals surface area (Å²) in [5, 5.41) is 10.6. The number of rotatable bonds is 3. The van der Waals surface area contributed by atoms with Gasteiger partial charge in [0.05, 0.1) is 11.1 Å². The molecule has 5 heteroatoms. The third-order valence-corrected chi connectivity index (χ3v) is 5.53. The zero-order valence-corrected chi connectivity index (χ0v) is 15.7. The Balaban J connectivity index is 1.71. The van der Waals surface area contributed by atoms with E-state index in [1.807, 2.05) is 19.1 Å². The highest BCUT2D eigenvalue weighted by atomic mass is 16.5. The number of ketones is 1. The molecule has 3 heterocycles. The average Bonchev–Trinajstić information content (AvgIpc) is 2.97. The van der Waals surface area contributed by atoms with E-state index in [1.54, 1.807) is 24.5 Å². The van der Waals surface area contributed by atoms with Crippen LogP contribution in [0.3, 0.4) is 0 Å². The second kappa shape index (κ2) is 7.16. The first-order chi connectivity index (χ1) is 13.0. The van der Waals surface area contributed by atoms with Crippen molar-refractivity contribution in [1.82, 2.24) is 9.88 Å². The zero-order chi connectivity index (χ0) is 19.0. The molecule has 1 saturated heterocycles. The largest absolute Gasteiger partial charge is 0.507 e. The Morgan fingerprint density at radius 2 is 2.11 bits per heavy atom. The lowest BCUT2D eigenvalue weighted by Gasteiger charge is -2.33. The molecule has 27 heavy (non-hydrogen) atoms. The fourth-order valence-corrected chi connectivity index (χ4v) is 3.94. The number of hydrogen-bond donors (Lipinski definition) is 1. The monoisotopic (exact) mass is 364 g/mol. The smallest absolute Gasteiger partial charge is 0.232 e. The minimum Gasteiger partial charge on any atom is -0.507 e. The molecule has 1 aromatic heterocycles. The number of likely N-dealkylation sites (tertiary alicyclic amines) is 1. The molecule has 140 valence electrons. The number of benzene rings is 1. The molecule has 1 fully saturated rings. The first-order valence-corrected chi connectivity index (χ1v) is 9.48. The van der Waals surface area contributed by atoms with Crippen molar-refractivity contribution < 1.29 is 14.6 Å². The molecule has 2 aliphatic rings. The molecule has 1 N–H and O–H groups in total. The number of allylic oxidation sites excluding steroid dienone is 1. The summed E-state index contributed by atoms with van der Waals surface area (Å²) in [7, 11) is 0. The highest BCUT2D eigenvalue weighted by Gasteiger charge is 2.34. The first kappa shape index (κ1) is 17.7. The van der Waals surface area contributed by atoms with Gasteiger partial charge in [-0.3, -0.25) is 14.7 Å². The lowest BCUT2D eigenvalue weighted by atomic mass is 9.97. The van der Waals surface area contributed by atoms with Crippen molar-refractivity contribution in [2.24, 2.45) is 0 Å². The predicted molar refractivity (Wildman–Crippen MR) is 104 cm³/mol. The highest BCUT2D eigenvalue weighted by Crippen LogP contribution is 2.42. The minimum atomic E-state index is -0.132. The van der Waals surface area contributed by atoms with Crippen LogP contribution in [0.5, 0.6) is 11.5 Å². The van der Waals surface area contributed by atoms with Crippen molar-refractivity contribution in [3.63, 3.8) is 0 Å². The second-order valence-corrected chi connectivity index (χ2v) is 7.43. The van der Waals surface area contributed by atoms with Gasteiger partial charge in [0.15, 0.2) is 5.76 Å². The predicted octanol–water partition coefficient (Wildman–Crippen LogP) is 4.09. The molecular weight excluding hydrogens is 340 g/mol. The summed E-state index contributed by atoms with van der Waals surface area (Å²) in [5.74, 6) is 0.864. The third-order valence-electron chi connectivity index (χ3n) is 5.53. The molecule has 0 amide bonds. The maximum absolute atomic E-state index is 12.9. The zero-order valence-electron chi connectivity index (χ0n) is 15.7. The maximum Gasteiger partial charge on any atom is 0.232 e. The average molecular weight is 364 g/mol. The maximum atomic E-state index is 12.9. The van der Waals surface area contributed by atoms with Crippen molar-refractivity contribution in [3.8, 4) is 11.5 Å². The second-order valence-electron chi connectivity index (χ2n) is 7.43. The van der Waals surface area contributed by atoms with E-state index in [9.17, 15) is 9.90 Å². The molecule has 1 atom stereocenters. The van der Waals surface area contributed by atoms with Crippen LogP contribution in [0.25, 0.3) is 6.08 Å². The van der Waals surface area contributed by atoms with E-state index in [-0.39, 0.29) is 17.3 Å². The van der Waals surface area contributed by atoms with E-state index in [4.69, 9.17) is 4.74 Å². The third kappa shape index (κ3) is 3.35.